The Morgan fingerprint density at radius 3 is 1.69 bits per heavy atom. The SMILES string of the molecule is c1ccc(-c2nc(-c3ccc4ccccc4c3)nc(-c3cccc4c(-c5cccc6oc7cc8nc(-c9ccc%10ccccc%10c9)oc8cc7c56)cccc34)n2)cc1. The molecule has 0 fully saturated rings. The number of benzene rings is 9. The number of furan rings is 1. The van der Waals surface area contributed by atoms with E-state index in [0.29, 0.717) is 28.9 Å². The molecular weight excluding hydrogens is 713 g/mol. The number of rotatable bonds is 5. The van der Waals surface area contributed by atoms with Gasteiger partial charge < -0.3 is 8.83 Å². The zero-order chi connectivity index (χ0) is 38.2. The Bertz CT molecular complexity index is 3590. The third-order valence-electron chi connectivity index (χ3n) is 11.1. The highest BCUT2D eigenvalue weighted by molar-refractivity contribution is 6.18. The van der Waals surface area contributed by atoms with E-state index in [1.807, 2.05) is 54.6 Å². The van der Waals surface area contributed by atoms with E-state index in [2.05, 4.69) is 127 Å². The van der Waals surface area contributed by atoms with E-state index in [-0.39, 0.29) is 0 Å². The van der Waals surface area contributed by atoms with Crippen molar-refractivity contribution in [3.63, 3.8) is 0 Å². The van der Waals surface area contributed by atoms with E-state index in [9.17, 15) is 0 Å². The second-order valence-corrected chi connectivity index (χ2v) is 14.6. The molecular formula is C52H30N4O2. The molecule has 0 amide bonds. The molecule has 58 heavy (non-hydrogen) atoms. The summed E-state index contributed by atoms with van der Waals surface area (Å²) in [4.78, 5) is 20.2. The minimum atomic E-state index is 0.581. The molecule has 0 unspecified atom stereocenters. The third-order valence-corrected chi connectivity index (χ3v) is 11.1. The van der Waals surface area contributed by atoms with Crippen molar-refractivity contribution in [2.75, 3.05) is 0 Å². The van der Waals surface area contributed by atoms with Crippen LogP contribution < -0.4 is 0 Å². The summed E-state index contributed by atoms with van der Waals surface area (Å²) in [5.74, 6) is 2.44. The second kappa shape index (κ2) is 12.8. The number of oxazole rings is 1. The molecule has 3 aromatic heterocycles. The molecule has 0 saturated heterocycles. The molecule has 0 atom stereocenters. The second-order valence-electron chi connectivity index (χ2n) is 14.6. The molecule has 12 rings (SSSR count). The number of nitrogens with zero attached hydrogens (tertiary/aromatic N) is 4. The van der Waals surface area contributed by atoms with Gasteiger partial charge in [-0.25, -0.2) is 19.9 Å². The van der Waals surface area contributed by atoms with Gasteiger partial charge in [0.2, 0.25) is 5.89 Å². The van der Waals surface area contributed by atoms with Crippen LogP contribution in [0.1, 0.15) is 0 Å². The zero-order valence-electron chi connectivity index (χ0n) is 30.9. The van der Waals surface area contributed by atoms with Gasteiger partial charge in [-0.05, 0) is 73.8 Å². The maximum Gasteiger partial charge on any atom is 0.227 e. The van der Waals surface area contributed by atoms with Crippen LogP contribution in [0, 0.1) is 0 Å². The molecule has 6 heteroatoms. The van der Waals surface area contributed by atoms with Gasteiger partial charge >= 0.3 is 0 Å². The van der Waals surface area contributed by atoms with Gasteiger partial charge in [0.05, 0.1) is 0 Å². The molecule has 0 saturated carbocycles. The predicted octanol–water partition coefficient (Wildman–Crippen LogP) is 13.7. The monoisotopic (exact) mass is 742 g/mol. The maximum atomic E-state index is 6.53. The Labute approximate surface area is 331 Å². The molecule has 9 aromatic carbocycles. The lowest BCUT2D eigenvalue weighted by molar-refractivity contribution is 0.620. The largest absolute Gasteiger partial charge is 0.456 e. The van der Waals surface area contributed by atoms with Crippen LogP contribution in [0.3, 0.4) is 0 Å². The van der Waals surface area contributed by atoms with Crippen molar-refractivity contribution in [1.82, 2.24) is 19.9 Å². The van der Waals surface area contributed by atoms with Crippen LogP contribution in [0.2, 0.25) is 0 Å². The van der Waals surface area contributed by atoms with E-state index in [1.54, 1.807) is 0 Å². The van der Waals surface area contributed by atoms with E-state index in [0.717, 1.165) is 82.4 Å². The molecule has 270 valence electrons. The van der Waals surface area contributed by atoms with Crippen molar-refractivity contribution in [1.29, 1.82) is 0 Å². The van der Waals surface area contributed by atoms with Gasteiger partial charge in [-0.15, -0.1) is 0 Å². The first kappa shape index (κ1) is 32.3. The standard InChI is InChI=1S/C52H30N4O2/c1-2-13-33(14-3-1)49-54-50(36-25-23-31-11-4-6-15-34(31)27-36)56-51(55-49)42-21-9-17-38-39(18-8-19-40(38)42)41-20-10-22-45-48(41)43-29-47-44(30-46(43)57-45)53-52(58-47)37-26-24-32-12-5-7-16-35(32)28-37/h1-30H. The first-order chi connectivity index (χ1) is 28.7. The van der Waals surface area contributed by atoms with Crippen LogP contribution in [0.15, 0.2) is 191 Å². The Morgan fingerprint density at radius 1 is 0.310 bits per heavy atom. The molecule has 0 spiro atoms. The summed E-state index contributed by atoms with van der Waals surface area (Å²) in [6, 6.07) is 62.5. The van der Waals surface area contributed by atoms with E-state index in [1.165, 1.54) is 10.8 Å². The van der Waals surface area contributed by atoms with Crippen LogP contribution in [0.4, 0.5) is 0 Å². The Hall–Kier alpha value is -7.96. The summed E-state index contributed by atoms with van der Waals surface area (Å²) in [6.45, 7) is 0. The lowest BCUT2D eigenvalue weighted by atomic mass is 9.93. The third kappa shape index (κ3) is 5.27. The van der Waals surface area contributed by atoms with Crippen molar-refractivity contribution in [3.8, 4) is 56.7 Å². The molecule has 12 aromatic rings. The molecule has 3 heterocycles. The summed E-state index contributed by atoms with van der Waals surface area (Å²) < 4.78 is 13.0. The Morgan fingerprint density at radius 2 is 0.914 bits per heavy atom. The van der Waals surface area contributed by atoms with E-state index in [4.69, 9.17) is 28.8 Å². The van der Waals surface area contributed by atoms with Crippen molar-refractivity contribution < 1.29 is 8.83 Å². The van der Waals surface area contributed by atoms with Gasteiger partial charge in [0.1, 0.15) is 16.7 Å². The number of aromatic nitrogens is 4. The topological polar surface area (TPSA) is 77.8 Å². The van der Waals surface area contributed by atoms with Gasteiger partial charge in [-0.1, -0.05) is 146 Å². The molecule has 0 radical (unpaired) electrons. The maximum absolute atomic E-state index is 6.53. The Kier molecular flexibility index (Phi) is 7.13. The normalized spacial score (nSPS) is 11.8. The summed E-state index contributed by atoms with van der Waals surface area (Å²) >= 11 is 0. The average Bonchev–Trinajstić information content (AvgIpc) is 3.88. The Balaban J connectivity index is 1.01. The lowest BCUT2D eigenvalue weighted by Gasteiger charge is -2.13. The molecule has 0 aliphatic carbocycles. The first-order valence-corrected chi connectivity index (χ1v) is 19.3. The fourth-order valence-corrected chi connectivity index (χ4v) is 8.33. The molecule has 0 aliphatic rings. The van der Waals surface area contributed by atoms with Gasteiger partial charge in [-0.2, -0.15) is 0 Å². The highest BCUT2D eigenvalue weighted by Gasteiger charge is 2.20. The van der Waals surface area contributed by atoms with Crippen LogP contribution in [0.5, 0.6) is 0 Å². The minimum Gasteiger partial charge on any atom is -0.456 e. The summed E-state index contributed by atoms with van der Waals surface area (Å²) in [6.07, 6.45) is 0. The van der Waals surface area contributed by atoms with Crippen molar-refractivity contribution in [2.24, 2.45) is 0 Å². The van der Waals surface area contributed by atoms with Crippen LogP contribution in [0.25, 0.3) is 122 Å². The highest BCUT2D eigenvalue weighted by atomic mass is 16.4. The van der Waals surface area contributed by atoms with E-state index >= 15 is 0 Å². The number of hydrogen-bond acceptors (Lipinski definition) is 6. The summed E-state index contributed by atoms with van der Waals surface area (Å²) in [5, 5.41) is 8.73. The van der Waals surface area contributed by atoms with Gasteiger partial charge in [-0.3, -0.25) is 0 Å². The highest BCUT2D eigenvalue weighted by Crippen LogP contribution is 2.42. The van der Waals surface area contributed by atoms with Gasteiger partial charge in [0.25, 0.3) is 0 Å². The van der Waals surface area contributed by atoms with Crippen LogP contribution in [-0.2, 0) is 0 Å². The van der Waals surface area contributed by atoms with E-state index < -0.39 is 0 Å². The lowest BCUT2D eigenvalue weighted by Crippen LogP contribution is -2.00. The van der Waals surface area contributed by atoms with Crippen LogP contribution in [-0.4, -0.2) is 19.9 Å². The zero-order valence-corrected chi connectivity index (χ0v) is 30.9. The van der Waals surface area contributed by atoms with Crippen molar-refractivity contribution >= 4 is 65.4 Å². The molecule has 6 nitrogen and oxygen atoms in total. The van der Waals surface area contributed by atoms with Gasteiger partial charge in [0.15, 0.2) is 23.1 Å². The number of fused-ring (bicyclic) bond motifs is 7. The molecule has 0 bridgehead atoms. The average molecular weight is 743 g/mol. The number of hydrogen-bond donors (Lipinski definition) is 0. The fourth-order valence-electron chi connectivity index (χ4n) is 8.33. The fraction of sp³-hybridized carbons (Fsp3) is 0. The van der Waals surface area contributed by atoms with Crippen molar-refractivity contribution in [3.05, 3.63) is 182 Å². The smallest absolute Gasteiger partial charge is 0.227 e. The molecule has 0 aliphatic heterocycles. The minimum absolute atomic E-state index is 0.581. The first-order valence-electron chi connectivity index (χ1n) is 19.3. The quantitative estimate of drug-likeness (QED) is 0.175. The predicted molar refractivity (Wildman–Crippen MR) is 234 cm³/mol. The summed E-state index contributed by atoms with van der Waals surface area (Å²) in [5.41, 5.74) is 8.88. The van der Waals surface area contributed by atoms with Gasteiger partial charge in [0, 0.05) is 39.1 Å². The molecule has 0 N–H and O–H groups in total. The summed E-state index contributed by atoms with van der Waals surface area (Å²) in [7, 11) is 0. The van der Waals surface area contributed by atoms with Crippen molar-refractivity contribution in [2.45, 2.75) is 0 Å². The van der Waals surface area contributed by atoms with Crippen LogP contribution >= 0.6 is 0 Å².